The summed E-state index contributed by atoms with van der Waals surface area (Å²) in [6.07, 6.45) is -1.98. The quantitative estimate of drug-likeness (QED) is 0.667. The summed E-state index contributed by atoms with van der Waals surface area (Å²) in [5.74, 6) is -1.98. The highest BCUT2D eigenvalue weighted by molar-refractivity contribution is 7.90. The Balaban J connectivity index is 1.87. The van der Waals surface area contributed by atoms with Crippen LogP contribution in [0, 0.1) is 6.92 Å². The monoisotopic (exact) mass is 504 g/mol. The summed E-state index contributed by atoms with van der Waals surface area (Å²) in [5, 5.41) is 2.78. The molecule has 10 nitrogen and oxygen atoms in total. The van der Waals surface area contributed by atoms with Crippen molar-refractivity contribution in [2.45, 2.75) is 37.3 Å². The van der Waals surface area contributed by atoms with Crippen molar-refractivity contribution in [3.8, 4) is 0 Å². The molecule has 2 aliphatic rings. The molecular formula is C22H21ClN4O6S. The molecule has 2 aromatic carbocycles. The van der Waals surface area contributed by atoms with Crippen molar-refractivity contribution < 1.29 is 27.5 Å². The zero-order valence-corrected chi connectivity index (χ0v) is 20.1. The fraction of sp³-hybridized carbons (Fsp3) is 0.273. The normalized spacial score (nSPS) is 19.9. The lowest BCUT2D eigenvalue weighted by Gasteiger charge is -2.33. The molecule has 12 heteroatoms. The van der Waals surface area contributed by atoms with Crippen molar-refractivity contribution >= 4 is 56.7 Å². The Bertz CT molecular complexity index is 1340. The van der Waals surface area contributed by atoms with Crippen LogP contribution in [0.15, 0.2) is 52.4 Å². The number of carbonyl (C=O) groups excluding carboxylic acids is 3. The summed E-state index contributed by atoms with van der Waals surface area (Å²) < 4.78 is 32.5. The highest BCUT2D eigenvalue weighted by atomic mass is 35.5. The van der Waals surface area contributed by atoms with Gasteiger partial charge in [-0.05, 0) is 43.2 Å². The van der Waals surface area contributed by atoms with E-state index in [1.165, 1.54) is 25.2 Å². The lowest BCUT2D eigenvalue weighted by molar-refractivity contribution is -0.133. The standard InChI is InChI=1S/C22H21ClN4O6S/c1-4-16-21(29)27(22(30)33-16)18(20(28)25-14-8-6-5-7-13(14)23)19-24-15-10-9-12(2)11-17(15)34(31,32)26(19)3/h5-11,16,18H,4H2,1-3H3,(H,25,28). The van der Waals surface area contributed by atoms with Gasteiger partial charge in [-0.1, -0.05) is 36.7 Å². The van der Waals surface area contributed by atoms with Gasteiger partial charge in [0.2, 0.25) is 0 Å². The van der Waals surface area contributed by atoms with E-state index in [9.17, 15) is 22.8 Å². The molecule has 1 N–H and O–H groups in total. The number of likely N-dealkylation sites (N-methyl/N-ethyl adjacent to an activating group) is 1. The number of nitrogens with zero attached hydrogens (tertiary/aromatic N) is 3. The molecule has 1 saturated heterocycles. The number of aliphatic imine (C=N–C) groups is 1. The molecule has 2 unspecified atom stereocenters. The number of carbonyl (C=O) groups is 3. The molecule has 2 atom stereocenters. The van der Waals surface area contributed by atoms with Crippen LogP contribution in [0.4, 0.5) is 16.2 Å². The van der Waals surface area contributed by atoms with Crippen LogP contribution in [-0.4, -0.2) is 60.6 Å². The lowest BCUT2D eigenvalue weighted by atomic mass is 10.1. The second-order valence-electron chi connectivity index (χ2n) is 7.77. The van der Waals surface area contributed by atoms with E-state index in [2.05, 4.69) is 10.3 Å². The number of rotatable bonds is 5. The number of anilines is 1. The number of cyclic esters (lactones) is 1. The van der Waals surface area contributed by atoms with Gasteiger partial charge in [-0.3, -0.25) is 13.9 Å². The summed E-state index contributed by atoms with van der Waals surface area (Å²) in [7, 11) is -2.92. The smallest absolute Gasteiger partial charge is 0.418 e. The second-order valence-corrected chi connectivity index (χ2v) is 10.1. The molecular weight excluding hydrogens is 484 g/mol. The fourth-order valence-electron chi connectivity index (χ4n) is 3.70. The number of benzene rings is 2. The number of nitrogens with one attached hydrogen (secondary N) is 1. The molecule has 0 saturated carbocycles. The number of hydrogen-bond acceptors (Lipinski definition) is 7. The summed E-state index contributed by atoms with van der Waals surface area (Å²) >= 11 is 6.15. The van der Waals surface area contributed by atoms with Crippen LogP contribution in [0.3, 0.4) is 0 Å². The third-order valence-electron chi connectivity index (χ3n) is 5.52. The molecule has 0 aliphatic carbocycles. The minimum Gasteiger partial charge on any atom is -0.436 e. The van der Waals surface area contributed by atoms with Gasteiger partial charge in [0.25, 0.3) is 21.8 Å². The summed E-state index contributed by atoms with van der Waals surface area (Å²) in [4.78, 5) is 44.1. The largest absolute Gasteiger partial charge is 0.436 e. The van der Waals surface area contributed by atoms with Crippen molar-refractivity contribution in [1.82, 2.24) is 9.21 Å². The Hall–Kier alpha value is -3.44. The molecule has 0 bridgehead atoms. The lowest BCUT2D eigenvalue weighted by Crippen LogP contribution is -2.57. The van der Waals surface area contributed by atoms with Crippen LogP contribution in [0.1, 0.15) is 18.9 Å². The number of amidine groups is 1. The van der Waals surface area contributed by atoms with Gasteiger partial charge < -0.3 is 10.1 Å². The maximum absolute atomic E-state index is 13.5. The number of sulfonamides is 1. The summed E-state index contributed by atoms with van der Waals surface area (Å²) in [5.41, 5.74) is 0.997. The predicted octanol–water partition coefficient (Wildman–Crippen LogP) is 3.08. The van der Waals surface area contributed by atoms with Crippen LogP contribution in [0.25, 0.3) is 0 Å². The maximum Gasteiger partial charge on any atom is 0.418 e. The van der Waals surface area contributed by atoms with Crippen LogP contribution in [0.5, 0.6) is 0 Å². The number of amides is 3. The van der Waals surface area contributed by atoms with Crippen molar-refractivity contribution in [3.05, 3.63) is 53.1 Å². The van der Waals surface area contributed by atoms with E-state index in [0.717, 1.165) is 4.31 Å². The van der Waals surface area contributed by atoms with Crippen molar-refractivity contribution in [2.75, 3.05) is 12.4 Å². The average molecular weight is 505 g/mol. The number of hydrogen-bond donors (Lipinski definition) is 1. The minimum absolute atomic E-state index is 0.0502. The van der Waals surface area contributed by atoms with Crippen LogP contribution < -0.4 is 5.32 Å². The van der Waals surface area contributed by atoms with Crippen LogP contribution in [-0.2, 0) is 24.3 Å². The van der Waals surface area contributed by atoms with Gasteiger partial charge in [0.05, 0.1) is 16.4 Å². The van der Waals surface area contributed by atoms with Crippen molar-refractivity contribution in [1.29, 1.82) is 0 Å². The van der Waals surface area contributed by atoms with E-state index in [1.54, 1.807) is 38.1 Å². The van der Waals surface area contributed by atoms with E-state index >= 15 is 0 Å². The van der Waals surface area contributed by atoms with E-state index in [0.29, 0.717) is 10.5 Å². The molecule has 0 spiro atoms. The van der Waals surface area contributed by atoms with Gasteiger partial charge in [0, 0.05) is 7.05 Å². The highest BCUT2D eigenvalue weighted by Gasteiger charge is 2.51. The molecule has 2 aromatic rings. The third-order valence-corrected chi connectivity index (χ3v) is 7.64. The number of fused-ring (bicyclic) bond motifs is 1. The first kappa shape index (κ1) is 23.7. The molecule has 0 aromatic heterocycles. The predicted molar refractivity (Wildman–Crippen MR) is 124 cm³/mol. The SMILES string of the molecule is CCC1OC(=O)N(C(C(=O)Nc2ccccc2Cl)C2=Nc3ccc(C)cc3S(=O)(=O)N2C)C1=O. The molecule has 2 heterocycles. The van der Waals surface area contributed by atoms with Crippen LogP contribution >= 0.6 is 11.6 Å². The Morgan fingerprint density at radius 2 is 1.94 bits per heavy atom. The first-order chi connectivity index (χ1) is 16.1. The summed E-state index contributed by atoms with van der Waals surface area (Å²) in [6, 6.07) is 9.25. The maximum atomic E-state index is 13.5. The Morgan fingerprint density at radius 3 is 2.59 bits per heavy atom. The Morgan fingerprint density at radius 1 is 1.24 bits per heavy atom. The molecule has 1 fully saturated rings. The third kappa shape index (κ3) is 3.90. The molecule has 34 heavy (non-hydrogen) atoms. The highest BCUT2D eigenvalue weighted by Crippen LogP contribution is 2.35. The molecule has 0 radical (unpaired) electrons. The minimum atomic E-state index is -4.13. The van der Waals surface area contributed by atoms with Gasteiger partial charge in [-0.25, -0.2) is 23.1 Å². The number of halogens is 1. The number of aryl methyl sites for hydroxylation is 1. The van der Waals surface area contributed by atoms with E-state index < -0.39 is 40.1 Å². The zero-order valence-electron chi connectivity index (χ0n) is 18.5. The Kier molecular flexibility index (Phi) is 6.09. The molecule has 4 rings (SSSR count). The van der Waals surface area contributed by atoms with Crippen LogP contribution in [0.2, 0.25) is 5.02 Å². The number of imide groups is 1. The van der Waals surface area contributed by atoms with Gasteiger partial charge in [0.15, 0.2) is 18.0 Å². The average Bonchev–Trinajstić information content (AvgIpc) is 3.07. The molecule has 2 aliphatic heterocycles. The first-order valence-corrected chi connectivity index (χ1v) is 12.1. The van der Waals surface area contributed by atoms with E-state index in [4.69, 9.17) is 16.3 Å². The van der Waals surface area contributed by atoms with Gasteiger partial charge in [-0.2, -0.15) is 0 Å². The van der Waals surface area contributed by atoms with Gasteiger partial charge in [0.1, 0.15) is 4.90 Å². The van der Waals surface area contributed by atoms with E-state index in [-0.39, 0.29) is 33.5 Å². The van der Waals surface area contributed by atoms with Gasteiger partial charge in [-0.15, -0.1) is 0 Å². The van der Waals surface area contributed by atoms with Crippen molar-refractivity contribution in [3.63, 3.8) is 0 Å². The number of para-hydroxylation sites is 1. The summed E-state index contributed by atoms with van der Waals surface area (Å²) in [6.45, 7) is 3.38. The zero-order chi connectivity index (χ0) is 24.8. The molecule has 3 amide bonds. The topological polar surface area (TPSA) is 125 Å². The fourth-order valence-corrected chi connectivity index (χ4v) is 5.27. The molecule has 178 valence electrons. The van der Waals surface area contributed by atoms with Crippen molar-refractivity contribution in [2.24, 2.45) is 4.99 Å². The van der Waals surface area contributed by atoms with E-state index in [1.807, 2.05) is 0 Å². The first-order valence-electron chi connectivity index (χ1n) is 10.3. The second kappa shape index (κ2) is 8.73. The Labute approximate surface area is 201 Å². The number of ether oxygens (including phenoxy) is 1. The van der Waals surface area contributed by atoms with Gasteiger partial charge >= 0.3 is 6.09 Å².